The van der Waals surface area contributed by atoms with Crippen molar-refractivity contribution in [1.82, 2.24) is 5.43 Å². The first-order valence-electron chi connectivity index (χ1n) is 9.89. The van der Waals surface area contributed by atoms with E-state index in [1.54, 1.807) is 30.3 Å². The molecule has 3 rings (SSSR count). The van der Waals surface area contributed by atoms with Crippen molar-refractivity contribution < 1.29 is 23.5 Å². The van der Waals surface area contributed by atoms with Crippen LogP contribution in [0.2, 0.25) is 0 Å². The number of nitrogens with zero attached hydrogens (tertiary/aromatic N) is 1. The molecule has 0 heterocycles. The van der Waals surface area contributed by atoms with E-state index in [1.807, 2.05) is 25.1 Å². The minimum Gasteiger partial charge on any atom is -0.483 e. The number of ether oxygens (including phenoxy) is 1. The van der Waals surface area contributed by atoms with Crippen LogP contribution in [0.1, 0.15) is 11.1 Å². The second kappa shape index (κ2) is 11.2. The van der Waals surface area contributed by atoms with Gasteiger partial charge >= 0.3 is 11.8 Å². The molecule has 3 aromatic carbocycles. The molecule has 0 aliphatic carbocycles. The molecule has 33 heavy (non-hydrogen) atoms. The lowest BCUT2D eigenvalue weighted by Gasteiger charge is -2.11. The summed E-state index contributed by atoms with van der Waals surface area (Å²) in [4.78, 5) is 36.0. The predicted octanol–water partition coefficient (Wildman–Crippen LogP) is 3.24. The Labute approximate surface area is 189 Å². The van der Waals surface area contributed by atoms with Gasteiger partial charge in [-0.15, -0.1) is 0 Å². The van der Waals surface area contributed by atoms with Gasteiger partial charge in [-0.2, -0.15) is 5.10 Å². The van der Waals surface area contributed by atoms with Crippen molar-refractivity contribution in [2.24, 2.45) is 5.10 Å². The van der Waals surface area contributed by atoms with Gasteiger partial charge in [-0.1, -0.05) is 30.3 Å². The van der Waals surface area contributed by atoms with Gasteiger partial charge in [0.25, 0.3) is 5.91 Å². The number of carbonyl (C=O) groups excluding carboxylic acids is 3. The van der Waals surface area contributed by atoms with Gasteiger partial charge in [0.15, 0.2) is 6.61 Å². The van der Waals surface area contributed by atoms with Gasteiger partial charge < -0.3 is 15.4 Å². The fourth-order valence-corrected chi connectivity index (χ4v) is 2.69. The average Bonchev–Trinajstić information content (AvgIpc) is 2.81. The molecule has 168 valence electrons. The summed E-state index contributed by atoms with van der Waals surface area (Å²) in [5.41, 5.74) is 4.48. The number of hydrogen-bond acceptors (Lipinski definition) is 5. The molecule has 0 fully saturated rings. The van der Waals surface area contributed by atoms with Crippen LogP contribution < -0.4 is 20.8 Å². The maximum Gasteiger partial charge on any atom is 0.329 e. The van der Waals surface area contributed by atoms with Crippen molar-refractivity contribution in [3.63, 3.8) is 0 Å². The highest BCUT2D eigenvalue weighted by Crippen LogP contribution is 2.17. The standard InChI is InChI=1S/C24H21FN4O4/c1-16-6-2-4-8-20(16)28-22(30)15-33-21-9-5-3-7-17(21)14-26-29-24(32)23(31)27-19-12-10-18(25)11-13-19/h2-14H,15H2,1H3,(H,27,31)(H,28,30)(H,29,32)/b26-14-. The van der Waals surface area contributed by atoms with E-state index < -0.39 is 17.6 Å². The molecule has 0 bridgehead atoms. The summed E-state index contributed by atoms with van der Waals surface area (Å²) < 4.78 is 18.5. The lowest BCUT2D eigenvalue weighted by Crippen LogP contribution is -2.32. The van der Waals surface area contributed by atoms with E-state index in [9.17, 15) is 18.8 Å². The molecule has 0 aliphatic rings. The number of hydrazone groups is 1. The molecular weight excluding hydrogens is 427 g/mol. The quantitative estimate of drug-likeness (QED) is 0.293. The van der Waals surface area contributed by atoms with Crippen LogP contribution >= 0.6 is 0 Å². The van der Waals surface area contributed by atoms with Gasteiger partial charge in [0, 0.05) is 16.9 Å². The van der Waals surface area contributed by atoms with Crippen LogP contribution in [0.5, 0.6) is 5.75 Å². The van der Waals surface area contributed by atoms with Crippen LogP contribution in [0.3, 0.4) is 0 Å². The average molecular weight is 448 g/mol. The number of aryl methyl sites for hydroxylation is 1. The molecule has 0 unspecified atom stereocenters. The van der Waals surface area contributed by atoms with Crippen molar-refractivity contribution in [2.45, 2.75) is 6.92 Å². The lowest BCUT2D eigenvalue weighted by molar-refractivity contribution is -0.136. The first kappa shape index (κ1) is 23.1. The number of carbonyl (C=O) groups is 3. The SMILES string of the molecule is Cc1ccccc1NC(=O)COc1ccccc1/C=N\NC(=O)C(=O)Nc1ccc(F)cc1. The van der Waals surface area contributed by atoms with E-state index >= 15 is 0 Å². The van der Waals surface area contributed by atoms with Crippen molar-refractivity contribution in [2.75, 3.05) is 17.2 Å². The third-order valence-electron chi connectivity index (χ3n) is 4.37. The van der Waals surface area contributed by atoms with Crippen molar-refractivity contribution in [3.05, 3.63) is 89.7 Å². The molecule has 0 aliphatic heterocycles. The zero-order valence-corrected chi connectivity index (χ0v) is 17.7. The Bertz CT molecular complexity index is 1180. The largest absolute Gasteiger partial charge is 0.483 e. The Balaban J connectivity index is 1.53. The summed E-state index contributed by atoms with van der Waals surface area (Å²) in [5.74, 6) is -2.40. The Kier molecular flexibility index (Phi) is 7.85. The highest BCUT2D eigenvalue weighted by molar-refractivity contribution is 6.39. The number of anilines is 2. The maximum absolute atomic E-state index is 12.9. The van der Waals surface area contributed by atoms with Gasteiger partial charge in [0.05, 0.1) is 6.21 Å². The number of rotatable bonds is 7. The van der Waals surface area contributed by atoms with Gasteiger partial charge in [-0.05, 0) is 55.0 Å². The lowest BCUT2D eigenvalue weighted by atomic mass is 10.2. The minimum atomic E-state index is -1.01. The highest BCUT2D eigenvalue weighted by Gasteiger charge is 2.13. The van der Waals surface area contributed by atoms with Gasteiger partial charge in [0.2, 0.25) is 0 Å². The highest BCUT2D eigenvalue weighted by atomic mass is 19.1. The molecule has 3 amide bonds. The molecular formula is C24H21FN4O4. The third kappa shape index (κ3) is 7.00. The summed E-state index contributed by atoms with van der Waals surface area (Å²) in [6.45, 7) is 1.65. The van der Waals surface area contributed by atoms with Crippen LogP contribution in [0.4, 0.5) is 15.8 Å². The Hall–Kier alpha value is -4.53. The number of para-hydroxylation sites is 2. The predicted molar refractivity (Wildman–Crippen MR) is 123 cm³/mol. The van der Waals surface area contributed by atoms with Gasteiger partial charge in [0.1, 0.15) is 11.6 Å². The Morgan fingerprint density at radius 1 is 0.909 bits per heavy atom. The van der Waals surface area contributed by atoms with Crippen molar-refractivity contribution in [1.29, 1.82) is 0 Å². The summed E-state index contributed by atoms with van der Waals surface area (Å²) in [6, 6.07) is 19.1. The fourth-order valence-electron chi connectivity index (χ4n) is 2.69. The molecule has 8 nitrogen and oxygen atoms in total. The van der Waals surface area contributed by atoms with Crippen LogP contribution in [0.25, 0.3) is 0 Å². The number of nitrogens with one attached hydrogen (secondary N) is 3. The van der Waals surface area contributed by atoms with Crippen LogP contribution in [0, 0.1) is 12.7 Å². The van der Waals surface area contributed by atoms with E-state index in [1.165, 1.54) is 18.3 Å². The second-order valence-electron chi connectivity index (χ2n) is 6.85. The third-order valence-corrected chi connectivity index (χ3v) is 4.37. The van der Waals surface area contributed by atoms with Crippen LogP contribution in [-0.4, -0.2) is 30.5 Å². The molecule has 0 aromatic heterocycles. The van der Waals surface area contributed by atoms with Gasteiger partial charge in [-0.25, -0.2) is 9.82 Å². The minimum absolute atomic E-state index is 0.231. The summed E-state index contributed by atoms with van der Waals surface area (Å²) in [5, 5.41) is 8.86. The number of benzene rings is 3. The number of halogens is 1. The zero-order chi connectivity index (χ0) is 23.6. The molecule has 0 spiro atoms. The molecule has 0 radical (unpaired) electrons. The molecule has 0 saturated heterocycles. The smallest absolute Gasteiger partial charge is 0.329 e. The maximum atomic E-state index is 12.9. The Morgan fingerprint density at radius 3 is 2.36 bits per heavy atom. The molecule has 3 aromatic rings. The zero-order valence-electron chi connectivity index (χ0n) is 17.7. The molecule has 0 atom stereocenters. The second-order valence-corrected chi connectivity index (χ2v) is 6.85. The van der Waals surface area contributed by atoms with Crippen LogP contribution in [0.15, 0.2) is 77.9 Å². The van der Waals surface area contributed by atoms with Crippen molar-refractivity contribution >= 4 is 35.3 Å². The van der Waals surface area contributed by atoms with E-state index in [-0.39, 0.29) is 18.2 Å². The number of amides is 3. The molecule has 9 heteroatoms. The molecule has 3 N–H and O–H groups in total. The normalized spacial score (nSPS) is 10.5. The van der Waals surface area contributed by atoms with E-state index in [2.05, 4.69) is 21.2 Å². The van der Waals surface area contributed by atoms with Crippen LogP contribution in [-0.2, 0) is 14.4 Å². The summed E-state index contributed by atoms with van der Waals surface area (Å²) >= 11 is 0. The Morgan fingerprint density at radius 2 is 1.61 bits per heavy atom. The first-order valence-corrected chi connectivity index (χ1v) is 9.89. The number of hydrogen-bond donors (Lipinski definition) is 3. The fraction of sp³-hybridized carbons (Fsp3) is 0.0833. The van der Waals surface area contributed by atoms with E-state index in [0.717, 1.165) is 17.7 Å². The monoisotopic (exact) mass is 448 g/mol. The summed E-state index contributed by atoms with van der Waals surface area (Å²) in [6.07, 6.45) is 1.29. The van der Waals surface area contributed by atoms with E-state index in [4.69, 9.17) is 4.74 Å². The first-order chi connectivity index (χ1) is 15.9. The molecule has 0 saturated carbocycles. The summed E-state index contributed by atoms with van der Waals surface area (Å²) in [7, 11) is 0. The van der Waals surface area contributed by atoms with E-state index in [0.29, 0.717) is 17.0 Å². The topological polar surface area (TPSA) is 109 Å². The van der Waals surface area contributed by atoms with Gasteiger partial charge in [-0.3, -0.25) is 14.4 Å². The van der Waals surface area contributed by atoms with Crippen molar-refractivity contribution in [3.8, 4) is 5.75 Å².